The Labute approximate surface area is 234 Å². The molecule has 1 N–H and O–H groups in total. The number of esters is 1. The lowest BCUT2D eigenvalue weighted by Gasteiger charge is -2.23. The topological polar surface area (TPSA) is 124 Å². The second kappa shape index (κ2) is 11.2. The number of aliphatic hydroxyl groups is 1. The number of Topliss-reactive ketones (excluding diaryl/α,β-unsaturated/α-hetero) is 1. The van der Waals surface area contributed by atoms with E-state index in [-0.39, 0.29) is 33.5 Å². The highest BCUT2D eigenvalue weighted by Crippen LogP contribution is 2.45. The third kappa shape index (κ3) is 4.91. The molecule has 1 atom stereocenters. The Bertz CT molecular complexity index is 1540. The van der Waals surface area contributed by atoms with E-state index in [2.05, 4.69) is 11.6 Å². The summed E-state index contributed by atoms with van der Waals surface area (Å²) < 4.78 is 22.0. The molecule has 3 heterocycles. The minimum atomic E-state index is -1.06. The van der Waals surface area contributed by atoms with Crippen LogP contribution in [0.4, 0.5) is 5.13 Å². The highest BCUT2D eigenvalue weighted by Gasteiger charge is 2.48. The molecule has 206 valence electrons. The number of ketones is 1. The Hall–Kier alpha value is -4.64. The van der Waals surface area contributed by atoms with E-state index in [1.807, 2.05) is 6.92 Å². The summed E-state index contributed by atoms with van der Waals surface area (Å²) >= 11 is 0.923. The summed E-state index contributed by atoms with van der Waals surface area (Å²) in [6.07, 6.45) is 1.44. The van der Waals surface area contributed by atoms with E-state index in [9.17, 15) is 19.5 Å². The Balaban J connectivity index is 1.66. The predicted molar refractivity (Wildman–Crippen MR) is 147 cm³/mol. The minimum absolute atomic E-state index is 0.00970. The van der Waals surface area contributed by atoms with Crippen LogP contribution < -0.4 is 19.1 Å². The van der Waals surface area contributed by atoms with Gasteiger partial charge in [0.2, 0.25) is 0 Å². The number of aryl methyl sites for hydroxylation is 1. The molecule has 10 nitrogen and oxygen atoms in total. The number of rotatable bonds is 8. The van der Waals surface area contributed by atoms with Crippen LogP contribution in [0.3, 0.4) is 0 Å². The number of hydrogen-bond donors (Lipinski definition) is 1. The maximum absolute atomic E-state index is 13.5. The molecule has 1 saturated heterocycles. The van der Waals surface area contributed by atoms with E-state index in [0.29, 0.717) is 48.3 Å². The molecular weight excluding hydrogens is 536 g/mol. The number of anilines is 1. The highest BCUT2D eigenvalue weighted by molar-refractivity contribution is 7.17. The summed E-state index contributed by atoms with van der Waals surface area (Å²) in [7, 11) is 0. The molecule has 0 spiro atoms. The van der Waals surface area contributed by atoms with Gasteiger partial charge in [-0.2, -0.15) is 0 Å². The third-order valence-corrected chi connectivity index (χ3v) is 7.39. The first-order valence-corrected chi connectivity index (χ1v) is 13.3. The van der Waals surface area contributed by atoms with Crippen molar-refractivity contribution in [2.24, 2.45) is 0 Å². The van der Waals surface area contributed by atoms with Crippen LogP contribution in [-0.2, 0) is 14.3 Å². The molecule has 5 rings (SSSR count). The zero-order chi connectivity index (χ0) is 28.4. The molecule has 1 aromatic heterocycles. The van der Waals surface area contributed by atoms with Crippen molar-refractivity contribution in [2.45, 2.75) is 19.9 Å². The number of aliphatic hydroxyl groups excluding tert-OH is 1. The lowest BCUT2D eigenvalue weighted by molar-refractivity contribution is -0.132. The molecule has 1 amide bonds. The van der Waals surface area contributed by atoms with E-state index in [1.165, 1.54) is 11.0 Å². The zero-order valence-electron chi connectivity index (χ0n) is 21.8. The zero-order valence-corrected chi connectivity index (χ0v) is 22.7. The first-order chi connectivity index (χ1) is 19.3. The van der Waals surface area contributed by atoms with Gasteiger partial charge in [0.05, 0.1) is 23.9 Å². The van der Waals surface area contributed by atoms with Crippen molar-refractivity contribution in [3.8, 4) is 17.2 Å². The Morgan fingerprint density at radius 3 is 2.73 bits per heavy atom. The van der Waals surface area contributed by atoms with Crippen molar-refractivity contribution >= 4 is 39.9 Å². The van der Waals surface area contributed by atoms with Crippen molar-refractivity contribution in [1.29, 1.82) is 0 Å². The highest BCUT2D eigenvalue weighted by atomic mass is 32.1. The van der Waals surface area contributed by atoms with Gasteiger partial charge >= 0.3 is 11.9 Å². The lowest BCUT2D eigenvalue weighted by atomic mass is 9.95. The maximum atomic E-state index is 13.5. The molecule has 0 aliphatic carbocycles. The normalized spacial score (nSPS) is 17.6. The number of ether oxygens (including phenoxy) is 4. The number of hydrogen-bond acceptors (Lipinski definition) is 10. The van der Waals surface area contributed by atoms with Gasteiger partial charge in [0.25, 0.3) is 5.78 Å². The SMILES string of the molecule is C=CCOC(=O)c1sc(N2C(=O)C(=O)/C(=C(\O)c3ccc4c(c3)OCCO4)C2c2cccc(OCC)c2)nc1C. The minimum Gasteiger partial charge on any atom is -0.507 e. The predicted octanol–water partition coefficient (Wildman–Crippen LogP) is 4.59. The van der Waals surface area contributed by atoms with Crippen molar-refractivity contribution in [3.63, 3.8) is 0 Å². The van der Waals surface area contributed by atoms with E-state index in [1.54, 1.807) is 49.4 Å². The van der Waals surface area contributed by atoms with Crippen LogP contribution in [0.15, 0.2) is 60.7 Å². The summed E-state index contributed by atoms with van der Waals surface area (Å²) in [5.74, 6) is -1.36. The van der Waals surface area contributed by atoms with Gasteiger partial charge in [0.15, 0.2) is 16.6 Å². The molecule has 0 radical (unpaired) electrons. The molecule has 0 saturated carbocycles. The fourth-order valence-corrected chi connectivity index (χ4v) is 5.49. The summed E-state index contributed by atoms with van der Waals surface area (Å²) in [6.45, 7) is 8.14. The van der Waals surface area contributed by atoms with E-state index < -0.39 is 23.7 Å². The van der Waals surface area contributed by atoms with Gasteiger partial charge in [-0.3, -0.25) is 14.5 Å². The third-order valence-electron chi connectivity index (χ3n) is 6.25. The summed E-state index contributed by atoms with van der Waals surface area (Å²) in [5.41, 5.74) is 0.980. The molecule has 1 fully saturated rings. The smallest absolute Gasteiger partial charge is 0.350 e. The van der Waals surface area contributed by atoms with E-state index in [0.717, 1.165) is 11.3 Å². The Morgan fingerprint density at radius 2 is 1.98 bits per heavy atom. The molecule has 2 aliphatic heterocycles. The number of fused-ring (bicyclic) bond motifs is 1. The van der Waals surface area contributed by atoms with Gasteiger partial charge < -0.3 is 24.1 Å². The number of carbonyl (C=O) groups is 3. The molecular formula is C29H26N2O8S. The van der Waals surface area contributed by atoms with E-state index >= 15 is 0 Å². The number of aromatic nitrogens is 1. The Kier molecular flexibility index (Phi) is 7.56. The average Bonchev–Trinajstić information content (AvgIpc) is 3.47. The molecule has 0 bridgehead atoms. The van der Waals surface area contributed by atoms with Crippen molar-refractivity contribution in [2.75, 3.05) is 31.3 Å². The summed E-state index contributed by atoms with van der Waals surface area (Å²) in [4.78, 5) is 45.5. The molecule has 11 heteroatoms. The van der Waals surface area contributed by atoms with Crippen LogP contribution in [-0.4, -0.2) is 54.2 Å². The second-order valence-electron chi connectivity index (χ2n) is 8.83. The molecule has 1 unspecified atom stereocenters. The maximum Gasteiger partial charge on any atom is 0.350 e. The first-order valence-electron chi connectivity index (χ1n) is 12.5. The van der Waals surface area contributed by atoms with Gasteiger partial charge in [0, 0.05) is 5.56 Å². The molecule has 2 aliphatic rings. The lowest BCUT2D eigenvalue weighted by Crippen LogP contribution is -2.29. The molecule has 2 aromatic carbocycles. The van der Waals surface area contributed by atoms with Gasteiger partial charge in [-0.25, -0.2) is 9.78 Å². The molecule has 3 aromatic rings. The number of benzene rings is 2. The standard InChI is InChI=1S/C29H26N2O8S/c1-4-11-39-28(35)26-16(3)30-29(40-26)31-23(17-7-6-8-19(14-17)36-5-2)22(25(33)27(31)34)24(32)18-9-10-20-21(15-18)38-13-12-37-20/h4,6-10,14-15,23,32H,1,5,11-13H2,2-3H3/b24-22-. The fraction of sp³-hybridized carbons (Fsp3) is 0.241. The fourth-order valence-electron chi connectivity index (χ4n) is 4.51. The quantitative estimate of drug-likeness (QED) is 0.138. The van der Waals surface area contributed by atoms with Crippen molar-refractivity contribution < 1.29 is 38.4 Å². The van der Waals surface area contributed by atoms with Crippen LogP contribution in [0.1, 0.15) is 39.5 Å². The first kappa shape index (κ1) is 26.9. The van der Waals surface area contributed by atoms with Crippen molar-refractivity contribution in [3.05, 3.63) is 82.4 Å². The number of carbonyl (C=O) groups excluding carboxylic acids is 3. The van der Waals surface area contributed by atoms with Crippen LogP contribution in [0.5, 0.6) is 17.2 Å². The van der Waals surface area contributed by atoms with Gasteiger partial charge in [-0.05, 0) is 49.7 Å². The van der Waals surface area contributed by atoms with Gasteiger partial charge in [-0.1, -0.05) is 36.1 Å². The number of thiazole rings is 1. The van der Waals surface area contributed by atoms with Crippen molar-refractivity contribution in [1.82, 2.24) is 4.98 Å². The average molecular weight is 563 g/mol. The van der Waals surface area contributed by atoms with Crippen LogP contribution >= 0.6 is 11.3 Å². The van der Waals surface area contributed by atoms with Gasteiger partial charge in [0.1, 0.15) is 36.2 Å². The summed E-state index contributed by atoms with van der Waals surface area (Å²) in [6, 6.07) is 10.6. The van der Waals surface area contributed by atoms with Crippen LogP contribution in [0, 0.1) is 6.92 Å². The Morgan fingerprint density at radius 1 is 1.20 bits per heavy atom. The van der Waals surface area contributed by atoms with Crippen LogP contribution in [0.2, 0.25) is 0 Å². The monoisotopic (exact) mass is 562 g/mol. The number of nitrogens with zero attached hydrogens (tertiary/aromatic N) is 2. The van der Waals surface area contributed by atoms with Gasteiger partial charge in [-0.15, -0.1) is 0 Å². The van der Waals surface area contributed by atoms with E-state index in [4.69, 9.17) is 18.9 Å². The molecule has 40 heavy (non-hydrogen) atoms. The number of amides is 1. The second-order valence-corrected chi connectivity index (χ2v) is 9.81. The largest absolute Gasteiger partial charge is 0.507 e. The summed E-state index contributed by atoms with van der Waals surface area (Å²) in [5, 5.41) is 11.6. The van der Waals surface area contributed by atoms with Crippen LogP contribution in [0.25, 0.3) is 5.76 Å².